The Bertz CT molecular complexity index is 427. The summed E-state index contributed by atoms with van der Waals surface area (Å²) >= 11 is 0. The van der Waals surface area contributed by atoms with Gasteiger partial charge in [-0.15, -0.1) is 0 Å². The SMILES string of the molecule is CCCCNCC(C)(C)CN1CCN(C(C)/C=C(/C)N=C(C)C)CC1. The van der Waals surface area contributed by atoms with Crippen LogP contribution in [0.1, 0.15) is 61.3 Å². The van der Waals surface area contributed by atoms with Crippen molar-refractivity contribution in [1.29, 1.82) is 0 Å². The molecular formula is C21H42N4. The number of hydrogen-bond donors (Lipinski definition) is 1. The van der Waals surface area contributed by atoms with Crippen molar-refractivity contribution in [3.63, 3.8) is 0 Å². The van der Waals surface area contributed by atoms with Crippen molar-refractivity contribution in [2.45, 2.75) is 67.3 Å². The van der Waals surface area contributed by atoms with Crippen molar-refractivity contribution >= 4 is 5.71 Å². The summed E-state index contributed by atoms with van der Waals surface area (Å²) in [5.74, 6) is 0. The van der Waals surface area contributed by atoms with E-state index >= 15 is 0 Å². The van der Waals surface area contributed by atoms with Crippen LogP contribution < -0.4 is 5.32 Å². The molecule has 0 spiro atoms. The van der Waals surface area contributed by atoms with Gasteiger partial charge in [-0.3, -0.25) is 9.89 Å². The van der Waals surface area contributed by atoms with Gasteiger partial charge in [0.1, 0.15) is 0 Å². The Morgan fingerprint density at radius 2 is 1.80 bits per heavy atom. The Morgan fingerprint density at radius 3 is 2.36 bits per heavy atom. The largest absolute Gasteiger partial charge is 0.316 e. The molecule has 0 aromatic rings. The second-order valence-electron chi connectivity index (χ2n) is 8.61. The van der Waals surface area contributed by atoms with Crippen LogP contribution >= 0.6 is 0 Å². The summed E-state index contributed by atoms with van der Waals surface area (Å²) in [7, 11) is 0. The standard InChI is InChI=1S/C21H42N4/c1-8-9-10-22-16-21(6,7)17-24-11-13-25(14-12-24)20(5)15-19(4)23-18(2)3/h15,20,22H,8-14,16-17H2,1-7H3/b19-15-. The van der Waals surface area contributed by atoms with Gasteiger partial charge in [-0.05, 0) is 52.2 Å². The summed E-state index contributed by atoms with van der Waals surface area (Å²) in [6, 6.07) is 0.467. The number of rotatable bonds is 10. The second-order valence-corrected chi connectivity index (χ2v) is 8.61. The van der Waals surface area contributed by atoms with Crippen LogP contribution in [0.2, 0.25) is 0 Å². The Balaban J connectivity index is 2.38. The van der Waals surface area contributed by atoms with Crippen LogP contribution in [0, 0.1) is 5.41 Å². The van der Waals surface area contributed by atoms with Crippen LogP contribution in [0.15, 0.2) is 16.8 Å². The number of hydrogen-bond acceptors (Lipinski definition) is 4. The zero-order valence-electron chi connectivity index (χ0n) is 17.9. The molecule has 0 aromatic heterocycles. The van der Waals surface area contributed by atoms with Gasteiger partial charge in [-0.1, -0.05) is 27.2 Å². The molecule has 0 radical (unpaired) electrons. The lowest BCUT2D eigenvalue weighted by molar-refractivity contribution is 0.0859. The molecule has 0 aliphatic carbocycles. The molecule has 25 heavy (non-hydrogen) atoms. The average molecular weight is 351 g/mol. The van der Waals surface area contributed by atoms with Crippen LogP contribution in [0.4, 0.5) is 0 Å². The predicted octanol–water partition coefficient (Wildman–Crippen LogP) is 3.79. The minimum atomic E-state index is 0.339. The number of unbranched alkanes of at least 4 members (excludes halogenated alkanes) is 1. The molecule has 4 nitrogen and oxygen atoms in total. The van der Waals surface area contributed by atoms with Crippen molar-refractivity contribution in [3.05, 3.63) is 11.8 Å². The van der Waals surface area contributed by atoms with Crippen LogP contribution in [-0.4, -0.2) is 67.4 Å². The minimum absolute atomic E-state index is 0.339. The quantitative estimate of drug-likeness (QED) is 0.480. The van der Waals surface area contributed by atoms with Crippen molar-refractivity contribution in [2.24, 2.45) is 10.4 Å². The van der Waals surface area contributed by atoms with E-state index in [2.05, 4.69) is 74.7 Å². The highest BCUT2D eigenvalue weighted by Crippen LogP contribution is 2.18. The molecule has 4 heteroatoms. The van der Waals surface area contributed by atoms with Crippen LogP contribution in [0.5, 0.6) is 0 Å². The maximum atomic E-state index is 4.55. The van der Waals surface area contributed by atoms with Gasteiger partial charge in [0, 0.05) is 56.7 Å². The smallest absolute Gasteiger partial charge is 0.0347 e. The zero-order chi connectivity index (χ0) is 18.9. The first-order chi connectivity index (χ1) is 11.7. The third-order valence-electron chi connectivity index (χ3n) is 4.83. The molecule has 0 saturated carbocycles. The van der Waals surface area contributed by atoms with Crippen LogP contribution in [0.3, 0.4) is 0 Å². The van der Waals surface area contributed by atoms with E-state index in [0.717, 1.165) is 37.6 Å². The highest BCUT2D eigenvalue weighted by Gasteiger charge is 2.25. The van der Waals surface area contributed by atoms with Gasteiger partial charge in [0.25, 0.3) is 0 Å². The predicted molar refractivity (Wildman–Crippen MR) is 112 cm³/mol. The van der Waals surface area contributed by atoms with E-state index in [1.807, 2.05) is 0 Å². The Kier molecular flexibility index (Phi) is 9.91. The molecule has 0 amide bonds. The molecule has 1 aliphatic rings. The molecule has 146 valence electrons. The molecule has 1 aliphatic heterocycles. The van der Waals surface area contributed by atoms with Gasteiger partial charge >= 0.3 is 0 Å². The first-order valence-electron chi connectivity index (χ1n) is 10.1. The highest BCUT2D eigenvalue weighted by atomic mass is 15.3. The second kappa shape index (κ2) is 11.1. The van der Waals surface area contributed by atoms with E-state index in [0.29, 0.717) is 11.5 Å². The molecule has 1 N–H and O–H groups in total. The summed E-state index contributed by atoms with van der Waals surface area (Å²) in [6.07, 6.45) is 4.84. The maximum absolute atomic E-state index is 4.55. The van der Waals surface area contributed by atoms with Gasteiger partial charge in [0.15, 0.2) is 0 Å². The van der Waals surface area contributed by atoms with Crippen molar-refractivity contribution in [1.82, 2.24) is 15.1 Å². The Hall–Kier alpha value is -0.710. The minimum Gasteiger partial charge on any atom is -0.316 e. The fourth-order valence-electron chi connectivity index (χ4n) is 3.56. The number of piperazine rings is 1. The maximum Gasteiger partial charge on any atom is 0.0347 e. The van der Waals surface area contributed by atoms with Crippen LogP contribution in [0.25, 0.3) is 0 Å². The molecule has 0 bridgehead atoms. The van der Waals surface area contributed by atoms with Crippen molar-refractivity contribution < 1.29 is 0 Å². The number of nitrogens with zero attached hydrogens (tertiary/aromatic N) is 3. The highest BCUT2D eigenvalue weighted by molar-refractivity contribution is 5.80. The van der Waals surface area contributed by atoms with Gasteiger partial charge in [0.05, 0.1) is 0 Å². The van der Waals surface area contributed by atoms with Gasteiger partial charge in [-0.25, -0.2) is 0 Å². The lowest BCUT2D eigenvalue weighted by Crippen LogP contribution is -2.52. The molecule has 1 rings (SSSR count). The zero-order valence-corrected chi connectivity index (χ0v) is 17.9. The molecule has 1 heterocycles. The number of nitrogens with one attached hydrogen (secondary N) is 1. The number of aliphatic imine (C=N–C) groups is 1. The van der Waals surface area contributed by atoms with Crippen molar-refractivity contribution in [2.75, 3.05) is 45.8 Å². The summed E-state index contributed by atoms with van der Waals surface area (Å²) in [5.41, 5.74) is 2.60. The average Bonchev–Trinajstić information content (AvgIpc) is 2.51. The third-order valence-corrected chi connectivity index (χ3v) is 4.83. The third kappa shape index (κ3) is 9.53. The van der Waals surface area contributed by atoms with Gasteiger partial charge in [0.2, 0.25) is 0 Å². The molecule has 1 saturated heterocycles. The normalized spacial score (nSPS) is 19.1. The van der Waals surface area contributed by atoms with E-state index in [1.165, 1.54) is 32.5 Å². The summed E-state index contributed by atoms with van der Waals surface area (Å²) < 4.78 is 0. The Morgan fingerprint density at radius 1 is 1.16 bits per heavy atom. The molecule has 1 atom stereocenters. The molecule has 0 aromatic carbocycles. The summed E-state index contributed by atoms with van der Waals surface area (Å²) in [5, 5.41) is 3.62. The molecule has 1 fully saturated rings. The molecular weight excluding hydrogens is 308 g/mol. The topological polar surface area (TPSA) is 30.9 Å². The van der Waals surface area contributed by atoms with Crippen molar-refractivity contribution in [3.8, 4) is 0 Å². The van der Waals surface area contributed by atoms with Crippen LogP contribution in [-0.2, 0) is 0 Å². The first-order valence-corrected chi connectivity index (χ1v) is 10.1. The van der Waals surface area contributed by atoms with Gasteiger partial charge in [-0.2, -0.15) is 0 Å². The van der Waals surface area contributed by atoms with E-state index in [-0.39, 0.29) is 0 Å². The monoisotopic (exact) mass is 350 g/mol. The first kappa shape index (κ1) is 22.3. The molecule has 1 unspecified atom stereocenters. The van der Waals surface area contributed by atoms with Gasteiger partial charge < -0.3 is 10.2 Å². The number of allylic oxidation sites excluding steroid dienone is 1. The van der Waals surface area contributed by atoms with E-state index in [9.17, 15) is 0 Å². The van der Waals surface area contributed by atoms with E-state index in [1.54, 1.807) is 0 Å². The fraction of sp³-hybridized carbons (Fsp3) is 0.857. The van der Waals surface area contributed by atoms with E-state index < -0.39 is 0 Å². The van der Waals surface area contributed by atoms with E-state index in [4.69, 9.17) is 0 Å². The lowest BCUT2D eigenvalue weighted by Gasteiger charge is -2.40. The lowest BCUT2D eigenvalue weighted by atomic mass is 9.92. The summed E-state index contributed by atoms with van der Waals surface area (Å²) in [6.45, 7) is 23.6. The Labute approximate surface area is 156 Å². The summed E-state index contributed by atoms with van der Waals surface area (Å²) in [4.78, 5) is 9.76. The fourth-order valence-corrected chi connectivity index (χ4v) is 3.56.